The van der Waals surface area contributed by atoms with Crippen molar-refractivity contribution in [1.29, 1.82) is 0 Å². The molecular weight excluding hydrogens is 505 g/mol. The summed E-state index contributed by atoms with van der Waals surface area (Å²) in [6.07, 6.45) is 1.94. The molecule has 1 aliphatic rings. The average Bonchev–Trinajstić information content (AvgIpc) is 3.24. The number of para-hydroxylation sites is 2. The minimum Gasteiger partial charge on any atom is -0.317 e. The Kier molecular flexibility index (Phi) is 6.21. The third kappa shape index (κ3) is 4.08. The number of hydrogen-bond donors (Lipinski definition) is 0. The number of benzene rings is 4. The molecule has 0 saturated heterocycles. The lowest BCUT2D eigenvalue weighted by Gasteiger charge is -2.38. The van der Waals surface area contributed by atoms with Gasteiger partial charge in [-0.2, -0.15) is 5.10 Å². The first-order chi connectivity index (χ1) is 19.0. The summed E-state index contributed by atoms with van der Waals surface area (Å²) in [5.41, 5.74) is 5.91. The SMILES string of the molecule is Cc1c2c(c(C)n1-c1ccccc1)[P@](=Nc1ccc([N+](=O)[O-])cc1)(c1ccccc1)N(c1ccccc1)N=C2. The van der Waals surface area contributed by atoms with Gasteiger partial charge >= 0.3 is 0 Å². The predicted octanol–water partition coefficient (Wildman–Crippen LogP) is 7.26. The maximum atomic E-state index is 11.4. The number of anilines is 1. The van der Waals surface area contributed by atoms with Crippen LogP contribution in [0.2, 0.25) is 0 Å². The van der Waals surface area contributed by atoms with E-state index in [0.29, 0.717) is 5.69 Å². The van der Waals surface area contributed by atoms with Gasteiger partial charge in [-0.05, 0) is 50.2 Å². The highest BCUT2D eigenvalue weighted by atomic mass is 31.2. The van der Waals surface area contributed by atoms with Crippen molar-refractivity contribution in [2.75, 3.05) is 4.78 Å². The Hall–Kier alpha value is -4.74. The van der Waals surface area contributed by atoms with Crippen molar-refractivity contribution in [3.63, 3.8) is 0 Å². The van der Waals surface area contributed by atoms with Gasteiger partial charge in [-0.1, -0.05) is 66.7 Å². The highest BCUT2D eigenvalue weighted by molar-refractivity contribution is 7.82. The monoisotopic (exact) mass is 531 g/mol. The second-order valence-electron chi connectivity index (χ2n) is 9.28. The van der Waals surface area contributed by atoms with Crippen LogP contribution >= 0.6 is 7.21 Å². The van der Waals surface area contributed by atoms with Gasteiger partial charge in [0.2, 0.25) is 0 Å². The lowest BCUT2D eigenvalue weighted by atomic mass is 10.2. The fraction of sp³-hybridized carbons (Fsp3) is 0.0645. The van der Waals surface area contributed by atoms with Crippen molar-refractivity contribution in [3.05, 3.63) is 142 Å². The Labute approximate surface area is 226 Å². The van der Waals surface area contributed by atoms with Crippen molar-refractivity contribution in [3.8, 4) is 5.69 Å². The molecule has 192 valence electrons. The molecule has 0 spiro atoms. The maximum Gasteiger partial charge on any atom is 0.269 e. The van der Waals surface area contributed by atoms with Crippen molar-refractivity contribution < 1.29 is 4.92 Å². The number of hydrazone groups is 1. The van der Waals surface area contributed by atoms with Gasteiger partial charge in [0.15, 0.2) is 0 Å². The summed E-state index contributed by atoms with van der Waals surface area (Å²) in [5, 5.41) is 18.6. The quantitative estimate of drug-likeness (QED) is 0.136. The van der Waals surface area contributed by atoms with Gasteiger partial charge < -0.3 is 4.57 Å². The van der Waals surface area contributed by atoms with Crippen LogP contribution in [-0.4, -0.2) is 15.7 Å². The van der Waals surface area contributed by atoms with Gasteiger partial charge in [0, 0.05) is 45.4 Å². The van der Waals surface area contributed by atoms with Crippen molar-refractivity contribution in [2.45, 2.75) is 13.8 Å². The van der Waals surface area contributed by atoms with Crippen molar-refractivity contribution >= 4 is 41.1 Å². The normalized spacial score (nSPS) is 16.1. The molecule has 1 aliphatic heterocycles. The Morgan fingerprint density at radius 2 is 1.31 bits per heavy atom. The summed E-state index contributed by atoms with van der Waals surface area (Å²) in [5.74, 6) is 0. The Bertz CT molecular complexity index is 1750. The van der Waals surface area contributed by atoms with Gasteiger partial charge in [-0.25, -0.2) is 9.52 Å². The van der Waals surface area contributed by atoms with Crippen LogP contribution in [0.15, 0.2) is 125 Å². The summed E-state index contributed by atoms with van der Waals surface area (Å²) in [6, 6.07) is 37.1. The Morgan fingerprint density at radius 1 is 0.744 bits per heavy atom. The zero-order valence-corrected chi connectivity index (χ0v) is 22.4. The van der Waals surface area contributed by atoms with E-state index in [-0.39, 0.29) is 5.69 Å². The molecule has 8 heteroatoms. The smallest absolute Gasteiger partial charge is 0.269 e. The van der Waals surface area contributed by atoms with E-state index in [1.165, 1.54) is 12.1 Å². The zero-order chi connectivity index (χ0) is 27.0. The molecule has 0 amide bonds. The number of non-ortho nitro benzene ring substituents is 1. The molecule has 2 heterocycles. The Morgan fingerprint density at radius 3 is 1.90 bits per heavy atom. The third-order valence-corrected chi connectivity index (χ3v) is 10.6. The molecule has 0 fully saturated rings. The summed E-state index contributed by atoms with van der Waals surface area (Å²) < 4.78 is 9.85. The minimum atomic E-state index is -2.82. The van der Waals surface area contributed by atoms with Crippen LogP contribution in [0.1, 0.15) is 17.0 Å². The number of nitro benzene ring substituents is 1. The van der Waals surface area contributed by atoms with E-state index < -0.39 is 12.1 Å². The molecule has 6 rings (SSSR count). The molecule has 0 unspecified atom stereocenters. The highest BCUT2D eigenvalue weighted by Crippen LogP contribution is 2.58. The van der Waals surface area contributed by atoms with Gasteiger partial charge in [0.05, 0.1) is 22.5 Å². The molecule has 0 N–H and O–H groups in total. The standard InChI is InChI=1S/C31H26N5O2P/c1-23-30-22-32-35(27-14-8-4-9-15-27)39(29-16-10-5-11-17-29,33-25-18-20-28(21-19-25)36(37)38)31(30)24(2)34(23)26-12-6-3-7-13-26/h3-22H,1-2H3/t39-/m0/s1. The van der Waals surface area contributed by atoms with E-state index in [1.807, 2.05) is 72.9 Å². The van der Waals surface area contributed by atoms with Crippen molar-refractivity contribution in [2.24, 2.45) is 9.85 Å². The van der Waals surface area contributed by atoms with E-state index in [4.69, 9.17) is 9.85 Å². The summed E-state index contributed by atoms with van der Waals surface area (Å²) >= 11 is 0. The molecule has 5 aromatic rings. The number of nitro groups is 1. The van der Waals surface area contributed by atoms with Crippen LogP contribution in [-0.2, 0) is 0 Å². The van der Waals surface area contributed by atoms with Crippen molar-refractivity contribution in [1.82, 2.24) is 4.57 Å². The molecule has 4 aromatic carbocycles. The van der Waals surface area contributed by atoms with E-state index in [2.05, 4.69) is 47.5 Å². The zero-order valence-electron chi connectivity index (χ0n) is 21.5. The third-order valence-electron chi connectivity index (χ3n) is 6.98. The number of rotatable bonds is 5. The molecule has 0 saturated carbocycles. The maximum absolute atomic E-state index is 11.4. The first-order valence-electron chi connectivity index (χ1n) is 12.6. The lowest BCUT2D eigenvalue weighted by molar-refractivity contribution is -0.384. The van der Waals surface area contributed by atoms with Crippen LogP contribution in [0.5, 0.6) is 0 Å². The van der Waals surface area contributed by atoms with Gasteiger partial charge in [0.1, 0.15) is 7.21 Å². The molecule has 0 radical (unpaired) electrons. The van der Waals surface area contributed by atoms with Crippen LogP contribution in [0.25, 0.3) is 5.69 Å². The summed E-state index contributed by atoms with van der Waals surface area (Å²) in [7, 11) is -2.82. The molecular formula is C31H26N5O2P. The predicted molar refractivity (Wildman–Crippen MR) is 160 cm³/mol. The second kappa shape index (κ2) is 9.86. The van der Waals surface area contributed by atoms with E-state index >= 15 is 0 Å². The average molecular weight is 532 g/mol. The summed E-state index contributed by atoms with van der Waals surface area (Å²) in [4.78, 5) is 11.0. The van der Waals surface area contributed by atoms with Crippen LogP contribution in [0, 0.1) is 24.0 Å². The number of fused-ring (bicyclic) bond motifs is 1. The molecule has 0 bridgehead atoms. The number of aromatic nitrogens is 1. The molecule has 0 aliphatic carbocycles. The van der Waals surface area contributed by atoms with Gasteiger partial charge in [-0.3, -0.25) is 10.1 Å². The molecule has 39 heavy (non-hydrogen) atoms. The molecule has 1 aromatic heterocycles. The van der Waals surface area contributed by atoms with Gasteiger partial charge in [0.25, 0.3) is 5.69 Å². The largest absolute Gasteiger partial charge is 0.317 e. The number of hydrogen-bond acceptors (Lipinski definition) is 4. The first kappa shape index (κ1) is 24.6. The fourth-order valence-corrected chi connectivity index (χ4v) is 9.06. The molecule has 1 atom stereocenters. The van der Waals surface area contributed by atoms with Gasteiger partial charge in [-0.15, -0.1) is 0 Å². The first-order valence-corrected chi connectivity index (χ1v) is 14.3. The van der Waals surface area contributed by atoms with E-state index in [0.717, 1.165) is 38.9 Å². The van der Waals surface area contributed by atoms with E-state index in [1.54, 1.807) is 12.1 Å². The topological polar surface area (TPSA) is 76.0 Å². The second-order valence-corrected chi connectivity index (χ2v) is 12.0. The Balaban J connectivity index is 1.74. The fourth-order valence-electron chi connectivity index (χ4n) is 5.27. The minimum absolute atomic E-state index is 0.0329. The summed E-state index contributed by atoms with van der Waals surface area (Å²) in [6.45, 7) is 4.26. The van der Waals surface area contributed by atoms with E-state index in [9.17, 15) is 10.1 Å². The lowest BCUT2D eigenvalue weighted by Crippen LogP contribution is -2.34. The molecule has 7 nitrogen and oxygen atoms in total. The highest BCUT2D eigenvalue weighted by Gasteiger charge is 2.41. The number of nitrogens with zero attached hydrogens (tertiary/aromatic N) is 5. The van der Waals surface area contributed by atoms with Crippen LogP contribution in [0.4, 0.5) is 17.1 Å². The van der Waals surface area contributed by atoms with Crippen LogP contribution < -0.4 is 15.4 Å². The van der Waals surface area contributed by atoms with Crippen LogP contribution in [0.3, 0.4) is 0 Å².